The molecule has 0 aromatic carbocycles. The van der Waals surface area contributed by atoms with Gasteiger partial charge in [-0.15, -0.1) is 0 Å². The van der Waals surface area contributed by atoms with E-state index in [1.54, 1.807) is 5.57 Å². The largest absolute Gasteiger partial charge is 0.378 e. The summed E-state index contributed by atoms with van der Waals surface area (Å²) in [6, 6.07) is 0. The number of thioether (sulfide) groups is 1. The van der Waals surface area contributed by atoms with Crippen LogP contribution in [0.5, 0.6) is 0 Å². The van der Waals surface area contributed by atoms with Gasteiger partial charge in [0.1, 0.15) is 5.25 Å². The summed E-state index contributed by atoms with van der Waals surface area (Å²) in [6.45, 7) is 19.8. The van der Waals surface area contributed by atoms with Crippen molar-refractivity contribution in [3.8, 4) is 0 Å². The molecule has 6 fully saturated rings. The number of morpholine rings is 1. The van der Waals surface area contributed by atoms with Crippen LogP contribution in [0.4, 0.5) is 4.79 Å². The van der Waals surface area contributed by atoms with Crippen LogP contribution in [0, 0.1) is 50.2 Å². The Kier molecular flexibility index (Phi) is 8.57. The summed E-state index contributed by atoms with van der Waals surface area (Å²) in [5.74, 6) is 0.538. The topological polar surface area (TPSA) is 114 Å². The highest BCUT2D eigenvalue weighted by Gasteiger charge is 2.69. The van der Waals surface area contributed by atoms with Gasteiger partial charge in [0.05, 0.1) is 30.8 Å². The summed E-state index contributed by atoms with van der Waals surface area (Å²) < 4.78 is 5.65. The smallest absolute Gasteiger partial charge is 0.336 e. The molecule has 0 unspecified atom stereocenters. The van der Waals surface area contributed by atoms with Gasteiger partial charge in [0.2, 0.25) is 11.8 Å². The minimum absolute atomic E-state index is 0.0384. The molecular formula is C39H57N3O6S. The van der Waals surface area contributed by atoms with Crippen LogP contribution >= 0.6 is 11.8 Å². The number of oxime groups is 1. The normalized spacial score (nSPS) is 43.4. The number of fused-ring (bicyclic) bond motifs is 7. The lowest BCUT2D eigenvalue weighted by Gasteiger charge is -2.71. The molecule has 0 bridgehead atoms. The molecule has 5 aliphatic carbocycles. The molecule has 2 saturated heterocycles. The number of amides is 3. The SMILES string of the molecule is CC1(C)CC[C@]2(C(=O)N3CCOCC3)CC[C@]3(C)C(=CC[C@@H]4[C@@]5(C)CC/C(=N/OC(=O)C[C@@H]6SC(=O)NC6=O)C(C)(C)[C@@H]5CC[C@]43C)[C@H]2C1. The predicted molar refractivity (Wildman–Crippen MR) is 189 cm³/mol. The Labute approximate surface area is 296 Å². The maximum Gasteiger partial charge on any atom is 0.336 e. The molecule has 0 aromatic rings. The molecule has 2 heterocycles. The molecule has 8 atom stereocenters. The van der Waals surface area contributed by atoms with E-state index >= 15 is 0 Å². The standard InChI is InChI=1S/C39H57N3O6S/c1-34(2)14-16-39(32(45)42-18-20-47-21-19-42)17-15-37(6)24(25(39)23-34)8-9-28-36(5)12-11-29(35(3,4)27(36)10-13-38(28,37)7)41-48-30(43)22-26-31(44)40-33(46)49-26/h8,25-28H,9-23H2,1-7H3,(H,40,44,46)/b41-29-/t25-,26+,27+,28-,36+,37-,38-,39+/m1/s1. The first-order valence-corrected chi connectivity index (χ1v) is 19.7. The molecule has 0 spiro atoms. The van der Waals surface area contributed by atoms with Gasteiger partial charge in [0.25, 0.3) is 5.24 Å². The monoisotopic (exact) mass is 695 g/mol. The van der Waals surface area contributed by atoms with E-state index in [0.717, 1.165) is 81.7 Å². The fourth-order valence-corrected chi connectivity index (χ4v) is 13.3. The third kappa shape index (κ3) is 5.38. The van der Waals surface area contributed by atoms with Crippen molar-refractivity contribution >= 4 is 40.5 Å². The summed E-state index contributed by atoms with van der Waals surface area (Å²) in [4.78, 5) is 58.3. The maximum atomic E-state index is 14.6. The molecule has 3 amide bonds. The van der Waals surface area contributed by atoms with Crippen LogP contribution in [-0.2, 0) is 24.0 Å². The zero-order chi connectivity index (χ0) is 35.2. The fraction of sp³-hybridized carbons (Fsp3) is 0.821. The lowest BCUT2D eigenvalue weighted by molar-refractivity contribution is -0.177. The quantitative estimate of drug-likeness (QED) is 0.187. The molecule has 49 heavy (non-hydrogen) atoms. The van der Waals surface area contributed by atoms with Crippen molar-refractivity contribution in [3.05, 3.63) is 11.6 Å². The molecule has 1 N–H and O–H groups in total. The maximum absolute atomic E-state index is 14.6. The summed E-state index contributed by atoms with van der Waals surface area (Å²) in [7, 11) is 0. The van der Waals surface area contributed by atoms with Gasteiger partial charge in [0.15, 0.2) is 0 Å². The zero-order valence-corrected chi connectivity index (χ0v) is 31.6. The summed E-state index contributed by atoms with van der Waals surface area (Å²) in [5, 5.41) is 5.49. The second-order valence-electron chi connectivity index (χ2n) is 18.6. The van der Waals surface area contributed by atoms with Gasteiger partial charge in [-0.05, 0) is 104 Å². The molecule has 7 rings (SSSR count). The minimum atomic E-state index is -0.758. The van der Waals surface area contributed by atoms with E-state index in [0.29, 0.717) is 44.0 Å². The van der Waals surface area contributed by atoms with Gasteiger partial charge in [-0.1, -0.05) is 77.0 Å². The van der Waals surface area contributed by atoms with Crippen LogP contribution in [0.2, 0.25) is 0 Å². The van der Waals surface area contributed by atoms with Crippen molar-refractivity contribution in [1.29, 1.82) is 0 Å². The third-order valence-electron chi connectivity index (χ3n) is 15.5. The number of hydrogen-bond donors (Lipinski definition) is 1. The Bertz CT molecular complexity index is 1500. The van der Waals surface area contributed by atoms with Gasteiger partial charge in [-0.25, -0.2) is 4.79 Å². The van der Waals surface area contributed by atoms with Crippen molar-refractivity contribution in [1.82, 2.24) is 10.2 Å². The summed E-state index contributed by atoms with van der Waals surface area (Å²) in [6.07, 6.45) is 12.7. The molecule has 270 valence electrons. The molecule has 0 radical (unpaired) electrons. The Morgan fingerprint density at radius 2 is 1.69 bits per heavy atom. The van der Waals surface area contributed by atoms with Crippen LogP contribution in [0.25, 0.3) is 0 Å². The van der Waals surface area contributed by atoms with E-state index < -0.39 is 22.4 Å². The second kappa shape index (κ2) is 11.9. The lowest BCUT2D eigenvalue weighted by Crippen LogP contribution is -2.65. The van der Waals surface area contributed by atoms with Crippen LogP contribution in [0.1, 0.15) is 119 Å². The summed E-state index contributed by atoms with van der Waals surface area (Å²) in [5.41, 5.74) is 2.41. The van der Waals surface area contributed by atoms with Gasteiger partial charge >= 0.3 is 5.97 Å². The number of nitrogens with one attached hydrogen (secondary N) is 1. The first-order chi connectivity index (χ1) is 23.0. The predicted octanol–water partition coefficient (Wildman–Crippen LogP) is 7.29. The second-order valence-corrected chi connectivity index (χ2v) is 19.8. The highest BCUT2D eigenvalue weighted by atomic mass is 32.2. The first-order valence-electron chi connectivity index (χ1n) is 18.8. The van der Waals surface area contributed by atoms with E-state index in [1.807, 2.05) is 0 Å². The average Bonchev–Trinajstić information content (AvgIpc) is 3.36. The molecule has 2 aliphatic heterocycles. The molecule has 9 nitrogen and oxygen atoms in total. The average molecular weight is 696 g/mol. The van der Waals surface area contributed by atoms with Crippen molar-refractivity contribution in [3.63, 3.8) is 0 Å². The van der Waals surface area contributed by atoms with E-state index in [4.69, 9.17) is 9.57 Å². The lowest BCUT2D eigenvalue weighted by atomic mass is 9.33. The van der Waals surface area contributed by atoms with Gasteiger partial charge in [-0.2, -0.15) is 0 Å². The van der Waals surface area contributed by atoms with Crippen molar-refractivity contribution in [2.75, 3.05) is 26.3 Å². The number of hydrogen-bond acceptors (Lipinski definition) is 8. The molecule has 4 saturated carbocycles. The molecule has 10 heteroatoms. The van der Waals surface area contributed by atoms with E-state index in [2.05, 4.69) is 69.9 Å². The number of ether oxygens (including phenoxy) is 1. The van der Waals surface area contributed by atoms with Crippen molar-refractivity contribution in [2.45, 2.75) is 124 Å². The number of imide groups is 1. The number of carbonyl (C=O) groups is 4. The minimum Gasteiger partial charge on any atom is -0.378 e. The number of allylic oxidation sites excluding steroid dienone is 2. The number of nitrogens with zero attached hydrogens (tertiary/aromatic N) is 2. The molecule has 7 aliphatic rings. The zero-order valence-electron chi connectivity index (χ0n) is 30.7. The fourth-order valence-electron chi connectivity index (χ4n) is 12.5. The Hall–Kier alpha value is -2.20. The number of carbonyl (C=O) groups excluding carboxylic acids is 4. The highest BCUT2D eigenvalue weighted by Crippen LogP contribution is 2.75. The number of rotatable bonds is 4. The van der Waals surface area contributed by atoms with Crippen LogP contribution in [0.3, 0.4) is 0 Å². The Morgan fingerprint density at radius 3 is 2.39 bits per heavy atom. The van der Waals surface area contributed by atoms with E-state index in [1.165, 1.54) is 0 Å². The first kappa shape index (κ1) is 35.2. The highest BCUT2D eigenvalue weighted by molar-refractivity contribution is 8.15. The van der Waals surface area contributed by atoms with E-state index in [-0.39, 0.29) is 44.8 Å². The van der Waals surface area contributed by atoms with Crippen molar-refractivity contribution < 1.29 is 28.8 Å². The summed E-state index contributed by atoms with van der Waals surface area (Å²) >= 11 is 0.832. The Balaban J connectivity index is 1.15. The van der Waals surface area contributed by atoms with Crippen LogP contribution in [0.15, 0.2) is 16.8 Å². The van der Waals surface area contributed by atoms with Gasteiger partial charge < -0.3 is 14.5 Å². The van der Waals surface area contributed by atoms with E-state index in [9.17, 15) is 19.2 Å². The van der Waals surface area contributed by atoms with Crippen LogP contribution < -0.4 is 5.32 Å². The molecular weight excluding hydrogens is 639 g/mol. The van der Waals surface area contributed by atoms with Crippen LogP contribution in [-0.4, -0.2) is 65.2 Å². The van der Waals surface area contributed by atoms with Gasteiger partial charge in [-0.3, -0.25) is 19.7 Å². The van der Waals surface area contributed by atoms with Gasteiger partial charge in [0, 0.05) is 18.5 Å². The Morgan fingerprint density at radius 1 is 0.980 bits per heavy atom. The van der Waals surface area contributed by atoms with Crippen molar-refractivity contribution in [2.24, 2.45) is 55.4 Å². The molecule has 0 aromatic heterocycles. The third-order valence-corrected chi connectivity index (χ3v) is 16.5.